The number of anilines is 2. The lowest BCUT2D eigenvalue weighted by Crippen LogP contribution is -2.19. The number of para-hydroxylation sites is 1. The molecule has 112 valence electrons. The van der Waals surface area contributed by atoms with E-state index >= 15 is 0 Å². The maximum Gasteiger partial charge on any atom is 0.0562 e. The molecule has 0 aliphatic carbocycles. The van der Waals surface area contributed by atoms with Crippen molar-refractivity contribution in [1.29, 1.82) is 0 Å². The van der Waals surface area contributed by atoms with Gasteiger partial charge in [0.2, 0.25) is 0 Å². The van der Waals surface area contributed by atoms with Crippen LogP contribution in [0.2, 0.25) is 0 Å². The third-order valence-corrected chi connectivity index (χ3v) is 3.47. The molecule has 0 radical (unpaired) electrons. The van der Waals surface area contributed by atoms with Crippen molar-refractivity contribution in [2.24, 2.45) is 0 Å². The van der Waals surface area contributed by atoms with Crippen LogP contribution in [0.1, 0.15) is 32.4 Å². The number of hydrogen-bond acceptors (Lipinski definition) is 3. The van der Waals surface area contributed by atoms with Crippen LogP contribution in [0.5, 0.6) is 0 Å². The average Bonchev–Trinajstić information content (AvgIpc) is 2.55. The van der Waals surface area contributed by atoms with E-state index in [-0.39, 0.29) is 0 Å². The van der Waals surface area contributed by atoms with Gasteiger partial charge in [-0.1, -0.05) is 38.5 Å². The third-order valence-electron chi connectivity index (χ3n) is 3.47. The third kappa shape index (κ3) is 4.57. The highest BCUT2D eigenvalue weighted by molar-refractivity contribution is 5.63. The Morgan fingerprint density at radius 1 is 1.05 bits per heavy atom. The van der Waals surface area contributed by atoms with Gasteiger partial charge >= 0.3 is 0 Å². The summed E-state index contributed by atoms with van der Waals surface area (Å²) in [5, 5.41) is 3.33. The summed E-state index contributed by atoms with van der Waals surface area (Å²) in [6, 6.07) is 14.9. The summed E-state index contributed by atoms with van der Waals surface area (Å²) in [5.41, 5.74) is 3.55. The lowest BCUT2D eigenvalue weighted by atomic mass is 10.2. The molecule has 1 N–H and O–H groups in total. The zero-order valence-electron chi connectivity index (χ0n) is 13.0. The first kappa shape index (κ1) is 15.5. The number of benzene rings is 1. The van der Waals surface area contributed by atoms with Gasteiger partial charge in [-0.2, -0.15) is 0 Å². The molecule has 0 bridgehead atoms. The first-order valence-corrected chi connectivity index (χ1v) is 7.83. The number of hydrogen-bond donors (Lipinski definition) is 1. The van der Waals surface area contributed by atoms with Gasteiger partial charge in [0.05, 0.1) is 5.69 Å². The Morgan fingerprint density at radius 2 is 1.86 bits per heavy atom. The zero-order valence-corrected chi connectivity index (χ0v) is 13.0. The predicted octanol–water partition coefficient (Wildman–Crippen LogP) is 4.13. The van der Waals surface area contributed by atoms with Gasteiger partial charge in [-0.05, 0) is 37.2 Å². The summed E-state index contributed by atoms with van der Waals surface area (Å²) in [6.07, 6.45) is 4.28. The van der Waals surface area contributed by atoms with Crippen molar-refractivity contribution >= 4 is 11.4 Å². The van der Waals surface area contributed by atoms with Crippen LogP contribution >= 0.6 is 0 Å². The molecule has 2 aromatic rings. The molecule has 0 spiro atoms. The van der Waals surface area contributed by atoms with E-state index in [4.69, 9.17) is 0 Å². The summed E-state index contributed by atoms with van der Waals surface area (Å²) in [5.74, 6) is 0. The molecule has 0 aliphatic rings. The Labute approximate surface area is 128 Å². The van der Waals surface area contributed by atoms with E-state index in [2.05, 4.69) is 71.5 Å². The topological polar surface area (TPSA) is 28.2 Å². The molecule has 2 rings (SSSR count). The van der Waals surface area contributed by atoms with Crippen molar-refractivity contribution in [3.63, 3.8) is 0 Å². The van der Waals surface area contributed by atoms with Gasteiger partial charge in [0.15, 0.2) is 0 Å². The van der Waals surface area contributed by atoms with Gasteiger partial charge in [-0.3, -0.25) is 4.98 Å². The largest absolute Gasteiger partial charge is 0.341 e. The first-order chi connectivity index (χ1) is 10.3. The molecular weight excluding hydrogens is 258 g/mol. The van der Waals surface area contributed by atoms with Crippen molar-refractivity contribution < 1.29 is 0 Å². The number of pyridine rings is 1. The second-order valence-electron chi connectivity index (χ2n) is 5.13. The summed E-state index contributed by atoms with van der Waals surface area (Å²) >= 11 is 0. The number of unbranched alkanes of at least 4 members (excludes halogenated alkanes) is 1. The SMILES string of the molecule is CCCCN(c1ccccc1)c1ccnc(CNCC)c1. The van der Waals surface area contributed by atoms with E-state index in [0.717, 1.165) is 25.3 Å². The fourth-order valence-electron chi connectivity index (χ4n) is 2.31. The van der Waals surface area contributed by atoms with Gasteiger partial charge in [-0.15, -0.1) is 0 Å². The Balaban J connectivity index is 2.23. The first-order valence-electron chi connectivity index (χ1n) is 7.83. The van der Waals surface area contributed by atoms with Crippen LogP contribution in [0.15, 0.2) is 48.7 Å². The lowest BCUT2D eigenvalue weighted by molar-refractivity contribution is 0.709. The molecule has 21 heavy (non-hydrogen) atoms. The molecule has 1 heterocycles. The standard InChI is InChI=1S/C18H25N3/c1-3-5-13-21(17-9-7-6-8-10-17)18-11-12-20-16(14-18)15-19-4-2/h6-12,14,19H,3-5,13,15H2,1-2H3. The van der Waals surface area contributed by atoms with Gasteiger partial charge in [0.25, 0.3) is 0 Å². The van der Waals surface area contributed by atoms with E-state index in [9.17, 15) is 0 Å². The molecule has 1 aromatic carbocycles. The van der Waals surface area contributed by atoms with Crippen molar-refractivity contribution in [3.8, 4) is 0 Å². The Morgan fingerprint density at radius 3 is 2.57 bits per heavy atom. The Bertz CT molecular complexity index is 525. The molecule has 3 heteroatoms. The number of nitrogens with one attached hydrogen (secondary N) is 1. The highest BCUT2D eigenvalue weighted by atomic mass is 15.1. The predicted molar refractivity (Wildman–Crippen MR) is 90.0 cm³/mol. The quantitative estimate of drug-likeness (QED) is 0.789. The van der Waals surface area contributed by atoms with Crippen LogP contribution in [0, 0.1) is 0 Å². The number of aromatic nitrogens is 1. The monoisotopic (exact) mass is 283 g/mol. The Kier molecular flexibility index (Phi) is 6.22. The minimum Gasteiger partial charge on any atom is -0.341 e. The van der Waals surface area contributed by atoms with Crippen LogP contribution in [0.4, 0.5) is 11.4 Å². The Hall–Kier alpha value is -1.87. The molecular formula is C18H25N3. The highest BCUT2D eigenvalue weighted by Crippen LogP contribution is 2.25. The molecule has 0 aliphatic heterocycles. The van der Waals surface area contributed by atoms with Crippen molar-refractivity contribution in [2.45, 2.75) is 33.2 Å². The minimum absolute atomic E-state index is 0.820. The summed E-state index contributed by atoms with van der Waals surface area (Å²) in [6.45, 7) is 7.16. The summed E-state index contributed by atoms with van der Waals surface area (Å²) < 4.78 is 0. The fraction of sp³-hybridized carbons (Fsp3) is 0.389. The van der Waals surface area contributed by atoms with Crippen LogP contribution in [0.25, 0.3) is 0 Å². The smallest absolute Gasteiger partial charge is 0.0562 e. The van der Waals surface area contributed by atoms with Gasteiger partial charge in [0.1, 0.15) is 0 Å². The fourth-order valence-corrected chi connectivity index (χ4v) is 2.31. The molecule has 3 nitrogen and oxygen atoms in total. The zero-order chi connectivity index (χ0) is 14.9. The molecule has 0 saturated carbocycles. The van der Waals surface area contributed by atoms with E-state index in [0.29, 0.717) is 0 Å². The van der Waals surface area contributed by atoms with Crippen LogP contribution in [0.3, 0.4) is 0 Å². The van der Waals surface area contributed by atoms with E-state index in [1.54, 1.807) is 0 Å². The van der Waals surface area contributed by atoms with Crippen molar-refractivity contribution in [2.75, 3.05) is 18.0 Å². The van der Waals surface area contributed by atoms with E-state index in [1.165, 1.54) is 24.2 Å². The van der Waals surface area contributed by atoms with Crippen molar-refractivity contribution in [1.82, 2.24) is 10.3 Å². The molecule has 0 fully saturated rings. The average molecular weight is 283 g/mol. The van der Waals surface area contributed by atoms with Crippen molar-refractivity contribution in [3.05, 3.63) is 54.4 Å². The number of nitrogens with zero attached hydrogens (tertiary/aromatic N) is 2. The molecule has 1 aromatic heterocycles. The van der Waals surface area contributed by atoms with Gasteiger partial charge in [0, 0.05) is 30.7 Å². The molecule has 0 atom stereocenters. The van der Waals surface area contributed by atoms with Crippen LogP contribution in [-0.4, -0.2) is 18.1 Å². The van der Waals surface area contributed by atoms with E-state index in [1.807, 2.05) is 6.20 Å². The maximum atomic E-state index is 4.44. The molecule has 0 amide bonds. The van der Waals surface area contributed by atoms with Gasteiger partial charge in [-0.25, -0.2) is 0 Å². The second kappa shape index (κ2) is 8.42. The molecule has 0 unspecified atom stereocenters. The minimum atomic E-state index is 0.820. The second-order valence-corrected chi connectivity index (χ2v) is 5.13. The number of rotatable bonds is 8. The van der Waals surface area contributed by atoms with Crippen LogP contribution < -0.4 is 10.2 Å². The van der Waals surface area contributed by atoms with Gasteiger partial charge < -0.3 is 10.2 Å². The summed E-state index contributed by atoms with van der Waals surface area (Å²) in [7, 11) is 0. The molecule has 0 saturated heterocycles. The highest BCUT2D eigenvalue weighted by Gasteiger charge is 2.09. The maximum absolute atomic E-state index is 4.44. The summed E-state index contributed by atoms with van der Waals surface area (Å²) in [4.78, 5) is 6.82. The van der Waals surface area contributed by atoms with E-state index < -0.39 is 0 Å². The lowest BCUT2D eigenvalue weighted by Gasteiger charge is -2.25. The van der Waals surface area contributed by atoms with Crippen LogP contribution in [-0.2, 0) is 6.54 Å². The normalized spacial score (nSPS) is 10.6.